The molecule has 0 aliphatic carbocycles. The minimum atomic E-state index is -3.75. The maximum atomic E-state index is 12.1. The van der Waals surface area contributed by atoms with Crippen LogP contribution in [0.3, 0.4) is 0 Å². The van der Waals surface area contributed by atoms with Crippen molar-refractivity contribution in [2.45, 2.75) is 11.4 Å². The highest BCUT2D eigenvalue weighted by molar-refractivity contribution is 7.89. The highest BCUT2D eigenvalue weighted by Gasteiger charge is 2.20. The topological polar surface area (TPSA) is 110 Å². The van der Waals surface area contributed by atoms with Crippen LogP contribution in [-0.4, -0.2) is 36.2 Å². The lowest BCUT2D eigenvalue weighted by Gasteiger charge is -2.09. The van der Waals surface area contributed by atoms with Crippen LogP contribution in [0.2, 0.25) is 5.02 Å². The summed E-state index contributed by atoms with van der Waals surface area (Å²) in [5, 5.41) is 13.2. The summed E-state index contributed by atoms with van der Waals surface area (Å²) in [6.07, 6.45) is 0. The highest BCUT2D eigenvalue weighted by atomic mass is 35.5. The summed E-state index contributed by atoms with van der Waals surface area (Å²) in [4.78, 5) is -0.0112. The molecule has 1 heterocycles. The zero-order valence-corrected chi connectivity index (χ0v) is 11.4. The summed E-state index contributed by atoms with van der Waals surface area (Å²) in [6, 6.07) is 4.25. The fraction of sp³-hybridized carbons (Fsp3) is 0.222. The van der Waals surface area contributed by atoms with Crippen molar-refractivity contribution in [1.29, 1.82) is 0 Å². The van der Waals surface area contributed by atoms with E-state index in [1.54, 1.807) is 0 Å². The van der Waals surface area contributed by atoms with Crippen molar-refractivity contribution in [3.05, 3.63) is 29.0 Å². The van der Waals surface area contributed by atoms with Crippen molar-refractivity contribution in [2.24, 2.45) is 0 Å². The Morgan fingerprint density at radius 3 is 2.89 bits per heavy atom. The molecular weight excluding hydrogens is 294 g/mol. The highest BCUT2D eigenvalue weighted by Crippen LogP contribution is 2.26. The van der Waals surface area contributed by atoms with Gasteiger partial charge < -0.3 is 4.74 Å². The van der Waals surface area contributed by atoms with Crippen LogP contribution in [0.1, 0.15) is 5.82 Å². The lowest BCUT2D eigenvalue weighted by molar-refractivity contribution is 0.402. The van der Waals surface area contributed by atoms with Gasteiger partial charge in [-0.3, -0.25) is 0 Å². The van der Waals surface area contributed by atoms with Gasteiger partial charge in [-0.1, -0.05) is 16.8 Å². The van der Waals surface area contributed by atoms with Crippen LogP contribution in [0.25, 0.3) is 0 Å². The average Bonchev–Trinajstić information content (AvgIpc) is 2.89. The maximum absolute atomic E-state index is 12.1. The van der Waals surface area contributed by atoms with Gasteiger partial charge in [-0.2, -0.15) is 5.21 Å². The SMILES string of the molecule is COc1cc(Cl)ccc1S(=O)(=O)NCc1nn[nH]n1. The number of nitrogens with zero attached hydrogens (tertiary/aromatic N) is 3. The van der Waals surface area contributed by atoms with Gasteiger partial charge in [0, 0.05) is 11.1 Å². The van der Waals surface area contributed by atoms with Crippen LogP contribution in [0.4, 0.5) is 0 Å². The number of rotatable bonds is 5. The molecular formula is C9H10ClN5O3S. The Balaban J connectivity index is 2.24. The first-order chi connectivity index (χ1) is 9.03. The lowest BCUT2D eigenvalue weighted by Crippen LogP contribution is -2.24. The summed E-state index contributed by atoms with van der Waals surface area (Å²) in [5.74, 6) is 0.393. The van der Waals surface area contributed by atoms with Crippen LogP contribution < -0.4 is 9.46 Å². The molecule has 0 bridgehead atoms. The van der Waals surface area contributed by atoms with E-state index < -0.39 is 10.0 Å². The van der Waals surface area contributed by atoms with Crippen molar-refractivity contribution in [3.8, 4) is 5.75 Å². The van der Waals surface area contributed by atoms with Crippen LogP contribution in [0, 0.1) is 0 Å². The second kappa shape index (κ2) is 5.51. The molecule has 2 aromatic rings. The van der Waals surface area contributed by atoms with E-state index in [0.717, 1.165) is 0 Å². The number of methoxy groups -OCH3 is 1. The molecule has 19 heavy (non-hydrogen) atoms. The molecule has 0 saturated carbocycles. The maximum Gasteiger partial charge on any atom is 0.244 e. The molecule has 0 atom stereocenters. The third kappa shape index (κ3) is 3.19. The average molecular weight is 304 g/mol. The Bertz CT molecular complexity index is 658. The molecule has 1 aromatic heterocycles. The standard InChI is InChI=1S/C9H10ClN5O3S/c1-18-7-4-6(10)2-3-8(7)19(16,17)11-5-9-12-14-15-13-9/h2-4,11H,5H2,1H3,(H,12,13,14,15). The van der Waals surface area contributed by atoms with Crippen LogP contribution in [-0.2, 0) is 16.6 Å². The number of hydrogen-bond donors (Lipinski definition) is 2. The van der Waals surface area contributed by atoms with Crippen molar-refractivity contribution in [3.63, 3.8) is 0 Å². The van der Waals surface area contributed by atoms with Crippen LogP contribution in [0.15, 0.2) is 23.1 Å². The molecule has 0 unspecified atom stereocenters. The quantitative estimate of drug-likeness (QED) is 0.824. The largest absolute Gasteiger partial charge is 0.495 e. The number of aromatic nitrogens is 4. The van der Waals surface area contributed by atoms with E-state index in [4.69, 9.17) is 16.3 Å². The van der Waals surface area contributed by atoms with Gasteiger partial charge in [0.25, 0.3) is 0 Å². The van der Waals surface area contributed by atoms with Gasteiger partial charge in [0.05, 0.1) is 13.7 Å². The van der Waals surface area contributed by atoms with E-state index in [1.807, 2.05) is 0 Å². The fourth-order valence-corrected chi connectivity index (χ4v) is 2.65. The Morgan fingerprint density at radius 1 is 1.47 bits per heavy atom. The molecule has 0 spiro atoms. The summed E-state index contributed by atoms with van der Waals surface area (Å²) in [6.45, 7) is -0.0788. The van der Waals surface area contributed by atoms with E-state index in [1.165, 1.54) is 25.3 Å². The van der Waals surface area contributed by atoms with Gasteiger partial charge in [-0.05, 0) is 12.1 Å². The van der Waals surface area contributed by atoms with E-state index in [0.29, 0.717) is 5.02 Å². The Labute approximate surface area is 114 Å². The number of ether oxygens (including phenoxy) is 1. The zero-order valence-electron chi connectivity index (χ0n) is 9.79. The van der Waals surface area contributed by atoms with Crippen LogP contribution in [0.5, 0.6) is 5.75 Å². The summed E-state index contributed by atoms with van der Waals surface area (Å²) in [5.41, 5.74) is 0. The number of halogens is 1. The Morgan fingerprint density at radius 2 is 2.26 bits per heavy atom. The van der Waals surface area contributed by atoms with Gasteiger partial charge in [-0.15, -0.1) is 10.2 Å². The molecule has 2 N–H and O–H groups in total. The van der Waals surface area contributed by atoms with Crippen molar-refractivity contribution < 1.29 is 13.2 Å². The molecule has 8 nitrogen and oxygen atoms in total. The molecule has 10 heteroatoms. The smallest absolute Gasteiger partial charge is 0.244 e. The molecule has 0 radical (unpaired) electrons. The van der Waals surface area contributed by atoms with E-state index in [9.17, 15) is 8.42 Å². The van der Waals surface area contributed by atoms with Gasteiger partial charge in [0.2, 0.25) is 10.0 Å². The summed E-state index contributed by atoms with van der Waals surface area (Å²) in [7, 11) is -2.39. The number of benzene rings is 1. The molecule has 0 fully saturated rings. The molecule has 1 aromatic carbocycles. The van der Waals surface area contributed by atoms with Crippen molar-refractivity contribution >= 4 is 21.6 Å². The predicted molar refractivity (Wildman–Crippen MR) is 66.2 cm³/mol. The van der Waals surface area contributed by atoms with E-state index >= 15 is 0 Å². The van der Waals surface area contributed by atoms with E-state index in [-0.39, 0.29) is 23.0 Å². The lowest BCUT2D eigenvalue weighted by atomic mass is 10.3. The first kappa shape index (κ1) is 13.7. The van der Waals surface area contributed by atoms with Gasteiger partial charge in [0.15, 0.2) is 5.82 Å². The minimum absolute atomic E-state index is 0.0112. The molecule has 0 aliphatic heterocycles. The number of nitrogens with one attached hydrogen (secondary N) is 2. The molecule has 102 valence electrons. The summed E-state index contributed by atoms with van der Waals surface area (Å²) >= 11 is 5.78. The minimum Gasteiger partial charge on any atom is -0.495 e. The van der Waals surface area contributed by atoms with Crippen molar-refractivity contribution in [2.75, 3.05) is 7.11 Å². The predicted octanol–water partition coefficient (Wildman–Crippen LogP) is 0.340. The number of aromatic amines is 1. The third-order valence-electron chi connectivity index (χ3n) is 2.22. The van der Waals surface area contributed by atoms with Crippen LogP contribution >= 0.6 is 11.6 Å². The first-order valence-electron chi connectivity index (χ1n) is 5.08. The van der Waals surface area contributed by atoms with Gasteiger partial charge >= 0.3 is 0 Å². The summed E-state index contributed by atoms with van der Waals surface area (Å²) < 4.78 is 31.5. The molecule has 0 aliphatic rings. The second-order valence-electron chi connectivity index (χ2n) is 3.45. The third-order valence-corrected chi connectivity index (χ3v) is 3.90. The molecule has 0 amide bonds. The van der Waals surface area contributed by atoms with Crippen molar-refractivity contribution in [1.82, 2.24) is 25.3 Å². The second-order valence-corrected chi connectivity index (χ2v) is 5.62. The fourth-order valence-electron chi connectivity index (χ4n) is 1.36. The number of tetrazole rings is 1. The molecule has 0 saturated heterocycles. The Kier molecular flexibility index (Phi) is 3.98. The monoisotopic (exact) mass is 303 g/mol. The number of sulfonamides is 1. The Hall–Kier alpha value is -1.71. The zero-order chi connectivity index (χ0) is 13.9. The number of H-pyrrole nitrogens is 1. The number of hydrogen-bond acceptors (Lipinski definition) is 6. The molecule has 2 rings (SSSR count). The normalized spacial score (nSPS) is 11.5. The first-order valence-corrected chi connectivity index (χ1v) is 6.94. The van der Waals surface area contributed by atoms with Gasteiger partial charge in [-0.25, -0.2) is 13.1 Å². The van der Waals surface area contributed by atoms with E-state index in [2.05, 4.69) is 25.3 Å². The van der Waals surface area contributed by atoms with Gasteiger partial charge in [0.1, 0.15) is 10.6 Å².